The second kappa shape index (κ2) is 15.5. The smallest absolute Gasteiger partial charge is 0.258 e. The van der Waals surface area contributed by atoms with Gasteiger partial charge in [-0.1, -0.05) is 59.6 Å². The molecule has 2 amide bonds. The monoisotopic (exact) mass is 704 g/mol. The quantitative estimate of drug-likeness (QED) is 0.180. The van der Waals surface area contributed by atoms with E-state index in [9.17, 15) is 19.1 Å². The molecule has 1 fully saturated rings. The van der Waals surface area contributed by atoms with Crippen molar-refractivity contribution >= 4 is 56.6 Å². The minimum atomic E-state index is -1.25. The average molecular weight is 706 g/mol. The Hall–Kier alpha value is -3.94. The summed E-state index contributed by atoms with van der Waals surface area (Å²) in [5.41, 5.74) is 8.49. The van der Waals surface area contributed by atoms with Crippen LogP contribution in [-0.2, 0) is 10.8 Å². The molecular weight excluding hydrogens is 667 g/mol. The second-order valence-corrected chi connectivity index (χ2v) is 14.4. The van der Waals surface area contributed by atoms with Crippen molar-refractivity contribution in [1.29, 1.82) is 5.26 Å². The van der Waals surface area contributed by atoms with Crippen LogP contribution in [-0.4, -0.2) is 72.4 Å². The Morgan fingerprint density at radius 1 is 1.08 bits per heavy atom. The van der Waals surface area contributed by atoms with Crippen molar-refractivity contribution in [2.24, 2.45) is 5.73 Å². The van der Waals surface area contributed by atoms with Gasteiger partial charge in [-0.05, 0) is 97.0 Å². The van der Waals surface area contributed by atoms with Crippen molar-refractivity contribution in [3.8, 4) is 11.8 Å². The van der Waals surface area contributed by atoms with E-state index >= 15 is 0 Å². The Balaban J connectivity index is 1.34. The number of amides is 2. The highest BCUT2D eigenvalue weighted by atomic mass is 35.5. The lowest BCUT2D eigenvalue weighted by atomic mass is 9.88. The fourth-order valence-corrected chi connectivity index (χ4v) is 7.82. The fourth-order valence-electron chi connectivity index (χ4n) is 6.65. The number of ether oxygens (including phenoxy) is 1. The molecule has 0 saturated carbocycles. The van der Waals surface area contributed by atoms with Gasteiger partial charge in [-0.25, -0.2) is 0 Å². The van der Waals surface area contributed by atoms with Gasteiger partial charge < -0.3 is 20.3 Å². The molecule has 1 aliphatic rings. The summed E-state index contributed by atoms with van der Waals surface area (Å²) in [4.78, 5) is 30.6. The standard InChI is InChI=1S/C37H38Cl2N4O4S/c1-42(37(45)34-30-7-5-4-6-25(30)18-28(21-40)35(34)47-2)22-27(24-9-11-31(38)32(39)19-24)14-17-43-15-12-23(13-16-43)29-10-8-26(36(41)44)20-33(29)48(3)46/h4-11,18-20,23,27H,12-17,22H2,1-3H3,(H2,41,44)/t27-,48?/m1/s1. The molecule has 5 rings (SSSR count). The number of carbonyl (C=O) groups is 2. The van der Waals surface area contributed by atoms with E-state index in [0.717, 1.165) is 60.8 Å². The van der Waals surface area contributed by atoms with Gasteiger partial charge in [-0.15, -0.1) is 0 Å². The summed E-state index contributed by atoms with van der Waals surface area (Å²) in [5, 5.41) is 12.3. The number of nitrogens with two attached hydrogens (primary N) is 1. The highest BCUT2D eigenvalue weighted by Gasteiger charge is 2.28. The van der Waals surface area contributed by atoms with Crippen LogP contribution in [0.4, 0.5) is 0 Å². The Labute approximate surface area is 293 Å². The number of likely N-dealkylation sites (tertiary alicyclic amines) is 1. The number of carbonyl (C=O) groups excluding carboxylic acids is 2. The van der Waals surface area contributed by atoms with Crippen LogP contribution in [0.1, 0.15) is 68.5 Å². The molecule has 0 aromatic heterocycles. The predicted molar refractivity (Wildman–Crippen MR) is 192 cm³/mol. The van der Waals surface area contributed by atoms with E-state index in [4.69, 9.17) is 33.7 Å². The SMILES string of the molecule is COc1c(C#N)cc2ccccc2c1C(=O)N(C)C[C@@H](CCN1CCC(c2ccc(C(N)=O)cc2S(C)=O)CC1)c1ccc(Cl)c(Cl)c1. The van der Waals surface area contributed by atoms with Crippen LogP contribution in [0.5, 0.6) is 5.75 Å². The Bertz CT molecular complexity index is 1920. The molecule has 8 nitrogen and oxygen atoms in total. The fraction of sp³-hybridized carbons (Fsp3) is 0.324. The van der Waals surface area contributed by atoms with Gasteiger partial charge in [0, 0.05) is 36.2 Å². The lowest BCUT2D eigenvalue weighted by Gasteiger charge is -2.34. The first-order chi connectivity index (χ1) is 23.0. The molecule has 250 valence electrons. The number of nitriles is 1. The topological polar surface area (TPSA) is 117 Å². The van der Waals surface area contributed by atoms with Gasteiger partial charge in [0.05, 0.1) is 39.1 Å². The van der Waals surface area contributed by atoms with Crippen LogP contribution in [0, 0.1) is 11.3 Å². The van der Waals surface area contributed by atoms with Crippen molar-refractivity contribution in [1.82, 2.24) is 9.80 Å². The molecule has 4 aromatic rings. The lowest BCUT2D eigenvalue weighted by molar-refractivity contribution is 0.0780. The van der Waals surface area contributed by atoms with Crippen LogP contribution in [0.3, 0.4) is 0 Å². The first-order valence-corrected chi connectivity index (χ1v) is 18.0. The van der Waals surface area contributed by atoms with Crippen LogP contribution in [0.15, 0.2) is 71.6 Å². The molecule has 48 heavy (non-hydrogen) atoms. The second-order valence-electron chi connectivity index (χ2n) is 12.2. The molecule has 0 aliphatic carbocycles. The number of fused-ring (bicyclic) bond motifs is 1. The molecule has 4 aromatic carbocycles. The van der Waals surface area contributed by atoms with Crippen LogP contribution in [0.2, 0.25) is 10.0 Å². The highest BCUT2D eigenvalue weighted by molar-refractivity contribution is 7.84. The third-order valence-corrected chi connectivity index (χ3v) is 10.9. The minimum Gasteiger partial charge on any atom is -0.495 e. The zero-order valence-electron chi connectivity index (χ0n) is 27.2. The molecule has 2 atom stereocenters. The summed E-state index contributed by atoms with van der Waals surface area (Å²) in [7, 11) is 2.00. The zero-order valence-corrected chi connectivity index (χ0v) is 29.5. The average Bonchev–Trinajstić information content (AvgIpc) is 3.09. The van der Waals surface area contributed by atoms with Crippen molar-refractivity contribution in [3.63, 3.8) is 0 Å². The van der Waals surface area contributed by atoms with Crippen molar-refractivity contribution in [2.45, 2.75) is 36.0 Å². The molecule has 1 saturated heterocycles. The third-order valence-electron chi connectivity index (χ3n) is 9.23. The Morgan fingerprint density at radius 3 is 2.46 bits per heavy atom. The van der Waals surface area contributed by atoms with E-state index in [2.05, 4.69) is 11.0 Å². The Kier molecular flexibility index (Phi) is 11.4. The first-order valence-electron chi connectivity index (χ1n) is 15.7. The van der Waals surface area contributed by atoms with Gasteiger partial charge in [-0.3, -0.25) is 13.8 Å². The van der Waals surface area contributed by atoms with E-state index in [1.807, 2.05) is 42.5 Å². The van der Waals surface area contributed by atoms with Crippen molar-refractivity contribution in [2.75, 3.05) is 46.6 Å². The number of benzene rings is 4. The number of rotatable bonds is 11. The van der Waals surface area contributed by atoms with E-state index in [1.165, 1.54) is 7.11 Å². The predicted octanol–water partition coefficient (Wildman–Crippen LogP) is 6.99. The summed E-state index contributed by atoms with van der Waals surface area (Å²) in [6.07, 6.45) is 4.16. The summed E-state index contributed by atoms with van der Waals surface area (Å²) in [5.74, 6) is -0.335. The molecule has 2 N–H and O–H groups in total. The van der Waals surface area contributed by atoms with Gasteiger partial charge in [-0.2, -0.15) is 5.26 Å². The molecule has 1 unspecified atom stereocenters. The van der Waals surface area contributed by atoms with Crippen LogP contribution < -0.4 is 10.5 Å². The molecule has 1 aliphatic heterocycles. The van der Waals surface area contributed by atoms with E-state index in [1.54, 1.807) is 42.5 Å². The molecule has 1 heterocycles. The number of primary amides is 1. The number of hydrogen-bond donors (Lipinski definition) is 1. The molecular formula is C37H38Cl2N4O4S. The molecule has 11 heteroatoms. The van der Waals surface area contributed by atoms with E-state index in [-0.39, 0.29) is 23.5 Å². The molecule has 0 spiro atoms. The summed E-state index contributed by atoms with van der Waals surface area (Å²) in [6.45, 7) is 2.90. The van der Waals surface area contributed by atoms with Crippen LogP contribution >= 0.6 is 23.2 Å². The van der Waals surface area contributed by atoms with Gasteiger partial charge in [0.1, 0.15) is 11.8 Å². The summed E-state index contributed by atoms with van der Waals surface area (Å²) >= 11 is 12.7. The maximum Gasteiger partial charge on any atom is 0.258 e. The van der Waals surface area contributed by atoms with Gasteiger partial charge in [0.2, 0.25) is 5.91 Å². The lowest BCUT2D eigenvalue weighted by Crippen LogP contribution is -2.36. The molecule has 0 bridgehead atoms. The summed E-state index contributed by atoms with van der Waals surface area (Å²) in [6, 6.07) is 22.3. The number of halogens is 2. The number of nitrogens with zero attached hydrogens (tertiary/aromatic N) is 3. The zero-order chi connectivity index (χ0) is 34.5. The van der Waals surface area contributed by atoms with Gasteiger partial charge in [0.25, 0.3) is 5.91 Å². The molecule has 0 radical (unpaired) electrons. The van der Waals surface area contributed by atoms with E-state index < -0.39 is 16.7 Å². The van der Waals surface area contributed by atoms with E-state index in [0.29, 0.717) is 38.2 Å². The van der Waals surface area contributed by atoms with Crippen molar-refractivity contribution < 1.29 is 18.5 Å². The largest absolute Gasteiger partial charge is 0.495 e. The highest BCUT2D eigenvalue weighted by Crippen LogP contribution is 2.36. The first kappa shape index (κ1) is 35.4. The maximum atomic E-state index is 14.1. The number of piperidine rings is 1. The normalized spacial score (nSPS) is 15.1. The number of hydrogen-bond acceptors (Lipinski definition) is 6. The van der Waals surface area contributed by atoms with Crippen molar-refractivity contribution in [3.05, 3.63) is 105 Å². The summed E-state index contributed by atoms with van der Waals surface area (Å²) < 4.78 is 18.2. The van der Waals surface area contributed by atoms with Crippen LogP contribution in [0.25, 0.3) is 10.8 Å². The third kappa shape index (κ3) is 7.68. The maximum absolute atomic E-state index is 14.1. The minimum absolute atomic E-state index is 0.0571. The number of likely N-dealkylation sites (N-methyl/N-ethyl adjacent to an activating group) is 1. The Morgan fingerprint density at radius 2 is 1.81 bits per heavy atom. The van der Waals surface area contributed by atoms with Gasteiger partial charge >= 0.3 is 0 Å². The number of methoxy groups -OCH3 is 1. The van der Waals surface area contributed by atoms with Gasteiger partial charge in [0.15, 0.2) is 0 Å².